The number of esters is 1. The Morgan fingerprint density at radius 2 is 1.96 bits per heavy atom. The molecule has 1 saturated heterocycles. The first-order chi connectivity index (χ1) is 13.6. The van der Waals surface area contributed by atoms with Gasteiger partial charge in [-0.05, 0) is 26.0 Å². The van der Waals surface area contributed by atoms with E-state index < -0.39 is 0 Å². The van der Waals surface area contributed by atoms with E-state index in [2.05, 4.69) is 30.1 Å². The summed E-state index contributed by atoms with van der Waals surface area (Å²) >= 11 is 0. The van der Waals surface area contributed by atoms with Gasteiger partial charge in [0.15, 0.2) is 11.5 Å². The van der Waals surface area contributed by atoms with E-state index >= 15 is 0 Å². The van der Waals surface area contributed by atoms with Crippen LogP contribution in [0.5, 0.6) is 0 Å². The lowest BCUT2D eigenvalue weighted by molar-refractivity contribution is 0.0527. The Bertz CT molecular complexity index is 994. The summed E-state index contributed by atoms with van der Waals surface area (Å²) in [5.41, 5.74) is 2.95. The van der Waals surface area contributed by atoms with E-state index in [1.54, 1.807) is 24.0 Å². The van der Waals surface area contributed by atoms with Crippen LogP contribution in [0.1, 0.15) is 23.0 Å². The molecule has 3 aromatic rings. The van der Waals surface area contributed by atoms with Gasteiger partial charge in [-0.1, -0.05) is 0 Å². The van der Waals surface area contributed by atoms with Crippen molar-refractivity contribution in [2.75, 3.05) is 42.6 Å². The number of pyridine rings is 1. The van der Waals surface area contributed by atoms with Gasteiger partial charge in [0.05, 0.1) is 23.4 Å². The Hall–Kier alpha value is -3.23. The number of carbonyl (C=O) groups is 1. The van der Waals surface area contributed by atoms with Crippen LogP contribution in [0.4, 0.5) is 11.5 Å². The average Bonchev–Trinajstić information content (AvgIpc) is 3.02. The fourth-order valence-corrected chi connectivity index (χ4v) is 3.70. The second-order valence-corrected chi connectivity index (χ2v) is 6.70. The number of anilines is 2. The van der Waals surface area contributed by atoms with Crippen molar-refractivity contribution in [2.24, 2.45) is 7.05 Å². The standard InChI is InChI=1S/C19H23N7O2/c1-4-28-19(27)14-12-20-18-16(13(2)23-24(18)3)17(14)26-10-8-25(9-11-26)15-6-5-7-21-22-15/h5-7,12H,4,8-11H2,1-3H3. The number of carbonyl (C=O) groups excluding carboxylic acids is 1. The van der Waals surface area contributed by atoms with Crippen molar-refractivity contribution < 1.29 is 9.53 Å². The van der Waals surface area contributed by atoms with E-state index in [-0.39, 0.29) is 5.97 Å². The zero-order chi connectivity index (χ0) is 19.7. The number of rotatable bonds is 4. The van der Waals surface area contributed by atoms with Gasteiger partial charge >= 0.3 is 5.97 Å². The maximum absolute atomic E-state index is 12.6. The van der Waals surface area contributed by atoms with Crippen molar-refractivity contribution in [1.82, 2.24) is 25.0 Å². The predicted molar refractivity (Wildman–Crippen MR) is 106 cm³/mol. The number of aromatic nitrogens is 5. The van der Waals surface area contributed by atoms with Crippen LogP contribution >= 0.6 is 0 Å². The topological polar surface area (TPSA) is 89.3 Å². The maximum Gasteiger partial charge on any atom is 0.341 e. The summed E-state index contributed by atoms with van der Waals surface area (Å²) in [4.78, 5) is 21.5. The quantitative estimate of drug-likeness (QED) is 0.629. The van der Waals surface area contributed by atoms with E-state index in [4.69, 9.17) is 4.74 Å². The highest BCUT2D eigenvalue weighted by Crippen LogP contribution is 2.33. The molecule has 9 heteroatoms. The molecule has 4 heterocycles. The van der Waals surface area contributed by atoms with Crippen LogP contribution < -0.4 is 9.80 Å². The molecule has 0 aliphatic carbocycles. The molecule has 0 bridgehead atoms. The van der Waals surface area contributed by atoms with Gasteiger partial charge in [0.25, 0.3) is 0 Å². The molecular weight excluding hydrogens is 358 g/mol. The van der Waals surface area contributed by atoms with Gasteiger partial charge in [-0.25, -0.2) is 9.78 Å². The Balaban J connectivity index is 1.71. The largest absolute Gasteiger partial charge is 0.462 e. The molecule has 146 valence electrons. The van der Waals surface area contributed by atoms with Crippen LogP contribution in [0.3, 0.4) is 0 Å². The minimum atomic E-state index is -0.355. The third kappa shape index (κ3) is 3.12. The smallest absolute Gasteiger partial charge is 0.341 e. The lowest BCUT2D eigenvalue weighted by Crippen LogP contribution is -2.47. The van der Waals surface area contributed by atoms with Gasteiger partial charge < -0.3 is 14.5 Å². The second-order valence-electron chi connectivity index (χ2n) is 6.70. The Labute approximate surface area is 162 Å². The summed E-state index contributed by atoms with van der Waals surface area (Å²) in [7, 11) is 1.86. The minimum absolute atomic E-state index is 0.322. The van der Waals surface area contributed by atoms with Gasteiger partial charge in [0, 0.05) is 45.6 Å². The van der Waals surface area contributed by atoms with Crippen LogP contribution in [-0.4, -0.2) is 63.7 Å². The molecule has 0 N–H and O–H groups in total. The first-order valence-corrected chi connectivity index (χ1v) is 9.37. The van der Waals surface area contributed by atoms with E-state index in [1.807, 2.05) is 26.1 Å². The number of piperazine rings is 1. The number of hydrogen-bond acceptors (Lipinski definition) is 8. The second kappa shape index (κ2) is 7.41. The molecule has 4 rings (SSSR count). The molecular formula is C19H23N7O2. The summed E-state index contributed by atoms with van der Waals surface area (Å²) in [6, 6.07) is 3.85. The van der Waals surface area contributed by atoms with E-state index in [0.717, 1.165) is 54.4 Å². The lowest BCUT2D eigenvalue weighted by atomic mass is 10.1. The number of hydrogen-bond donors (Lipinski definition) is 0. The number of nitrogens with zero attached hydrogens (tertiary/aromatic N) is 7. The summed E-state index contributed by atoms with van der Waals surface area (Å²) in [6.07, 6.45) is 3.27. The summed E-state index contributed by atoms with van der Waals surface area (Å²) in [6.45, 7) is 7.13. The third-order valence-corrected chi connectivity index (χ3v) is 4.97. The van der Waals surface area contributed by atoms with Crippen molar-refractivity contribution in [3.8, 4) is 0 Å². The molecule has 0 atom stereocenters. The van der Waals surface area contributed by atoms with Gasteiger partial charge in [-0.3, -0.25) is 4.68 Å². The Morgan fingerprint density at radius 1 is 1.21 bits per heavy atom. The van der Waals surface area contributed by atoms with Crippen LogP contribution in [0.25, 0.3) is 11.0 Å². The van der Waals surface area contributed by atoms with Gasteiger partial charge in [0.1, 0.15) is 5.56 Å². The van der Waals surface area contributed by atoms with Crippen molar-refractivity contribution in [1.29, 1.82) is 0 Å². The monoisotopic (exact) mass is 381 g/mol. The molecule has 0 spiro atoms. The summed E-state index contributed by atoms with van der Waals surface area (Å²) < 4.78 is 7.03. The maximum atomic E-state index is 12.6. The molecule has 0 saturated carbocycles. The van der Waals surface area contributed by atoms with Crippen LogP contribution in [0.2, 0.25) is 0 Å². The van der Waals surface area contributed by atoms with Crippen molar-refractivity contribution >= 4 is 28.5 Å². The van der Waals surface area contributed by atoms with Crippen molar-refractivity contribution in [3.63, 3.8) is 0 Å². The van der Waals surface area contributed by atoms with Gasteiger partial charge in [0.2, 0.25) is 0 Å². The van der Waals surface area contributed by atoms with Crippen molar-refractivity contribution in [2.45, 2.75) is 13.8 Å². The highest BCUT2D eigenvalue weighted by molar-refractivity contribution is 6.05. The Morgan fingerprint density at radius 3 is 2.64 bits per heavy atom. The van der Waals surface area contributed by atoms with Crippen LogP contribution in [0, 0.1) is 6.92 Å². The molecule has 3 aromatic heterocycles. The fourth-order valence-electron chi connectivity index (χ4n) is 3.70. The average molecular weight is 381 g/mol. The molecule has 0 unspecified atom stereocenters. The van der Waals surface area contributed by atoms with E-state index in [9.17, 15) is 4.79 Å². The molecule has 9 nitrogen and oxygen atoms in total. The first-order valence-electron chi connectivity index (χ1n) is 9.37. The number of ether oxygens (including phenoxy) is 1. The molecule has 1 aliphatic rings. The molecule has 0 aromatic carbocycles. The first kappa shape index (κ1) is 18.1. The fraction of sp³-hybridized carbons (Fsp3) is 0.421. The van der Waals surface area contributed by atoms with E-state index in [0.29, 0.717) is 12.2 Å². The van der Waals surface area contributed by atoms with E-state index in [1.165, 1.54) is 0 Å². The zero-order valence-electron chi connectivity index (χ0n) is 16.3. The molecule has 1 fully saturated rings. The highest BCUT2D eigenvalue weighted by Gasteiger charge is 2.27. The highest BCUT2D eigenvalue weighted by atomic mass is 16.5. The molecule has 0 amide bonds. The van der Waals surface area contributed by atoms with Crippen LogP contribution in [0.15, 0.2) is 24.5 Å². The predicted octanol–water partition coefficient (Wildman–Crippen LogP) is 1.57. The molecule has 28 heavy (non-hydrogen) atoms. The molecule has 0 radical (unpaired) electrons. The number of aryl methyl sites for hydroxylation is 2. The normalized spacial score (nSPS) is 14.5. The van der Waals surface area contributed by atoms with Gasteiger partial charge in [-0.15, -0.1) is 5.10 Å². The van der Waals surface area contributed by atoms with Crippen LogP contribution in [-0.2, 0) is 11.8 Å². The molecule has 1 aliphatic heterocycles. The lowest BCUT2D eigenvalue weighted by Gasteiger charge is -2.37. The van der Waals surface area contributed by atoms with Gasteiger partial charge in [-0.2, -0.15) is 10.2 Å². The SMILES string of the molecule is CCOC(=O)c1cnc2c(c(C)nn2C)c1N1CCN(c2cccnn2)CC1. The minimum Gasteiger partial charge on any atom is -0.462 e. The number of fused-ring (bicyclic) bond motifs is 1. The Kier molecular flexibility index (Phi) is 4.81. The summed E-state index contributed by atoms with van der Waals surface area (Å²) in [5, 5.41) is 13.6. The van der Waals surface area contributed by atoms with Crippen molar-refractivity contribution in [3.05, 3.63) is 35.8 Å². The zero-order valence-corrected chi connectivity index (χ0v) is 16.3. The summed E-state index contributed by atoms with van der Waals surface area (Å²) in [5.74, 6) is 0.511. The third-order valence-electron chi connectivity index (χ3n) is 4.97.